The maximum absolute atomic E-state index is 11.6. The second-order valence-corrected chi connectivity index (χ2v) is 3.88. The van der Waals surface area contributed by atoms with Gasteiger partial charge >= 0.3 is 5.97 Å². The van der Waals surface area contributed by atoms with Crippen LogP contribution in [0.25, 0.3) is 0 Å². The number of carbonyl (C=O) groups is 2. The summed E-state index contributed by atoms with van der Waals surface area (Å²) in [5.74, 6) is -1.69. The predicted molar refractivity (Wildman–Crippen MR) is 58.3 cm³/mol. The fourth-order valence-electron chi connectivity index (χ4n) is 1.20. The molecule has 2 rings (SSSR count). The predicted octanol–water partition coefficient (Wildman–Crippen LogP) is 1.39. The van der Waals surface area contributed by atoms with E-state index in [1.54, 1.807) is 6.92 Å². The van der Waals surface area contributed by atoms with Crippen molar-refractivity contribution in [2.45, 2.75) is 6.92 Å². The van der Waals surface area contributed by atoms with Gasteiger partial charge in [0.1, 0.15) is 10.6 Å². The first kappa shape index (κ1) is 11.3. The fraction of sp³-hybridized carbons (Fsp3) is 0.111. The number of carbonyl (C=O) groups excluding carboxylic acids is 1. The van der Waals surface area contributed by atoms with Gasteiger partial charge in [0.15, 0.2) is 0 Å². The Morgan fingerprint density at radius 1 is 1.53 bits per heavy atom. The number of aromatic nitrogens is 2. The average Bonchev–Trinajstić information content (AvgIpc) is 2.87. The zero-order valence-corrected chi connectivity index (χ0v) is 9.45. The van der Waals surface area contributed by atoms with Gasteiger partial charge in [0.2, 0.25) is 5.76 Å². The van der Waals surface area contributed by atoms with Crippen molar-refractivity contribution in [3.05, 3.63) is 29.3 Å². The first-order valence-corrected chi connectivity index (χ1v) is 5.28. The molecular formula is C9H7N3O4S. The van der Waals surface area contributed by atoms with Crippen LogP contribution in [-0.2, 0) is 0 Å². The van der Waals surface area contributed by atoms with Crippen LogP contribution in [0.15, 0.2) is 16.8 Å². The maximum atomic E-state index is 11.6. The maximum Gasteiger partial charge on any atom is 0.340 e. The number of carboxylic acid groups (broad SMARTS) is 1. The molecule has 2 aromatic rings. The van der Waals surface area contributed by atoms with Crippen molar-refractivity contribution < 1.29 is 19.2 Å². The Bertz CT molecular complexity index is 561. The molecule has 1 amide bonds. The molecule has 0 aliphatic rings. The van der Waals surface area contributed by atoms with E-state index >= 15 is 0 Å². The molecule has 0 fully saturated rings. The topological polar surface area (TPSA) is 105 Å². The summed E-state index contributed by atoms with van der Waals surface area (Å²) in [6.07, 6.45) is 1.32. The molecule has 0 aliphatic heterocycles. The Morgan fingerprint density at radius 2 is 2.29 bits per heavy atom. The third kappa shape index (κ3) is 2.16. The molecule has 2 aromatic heterocycles. The Morgan fingerprint density at radius 3 is 2.88 bits per heavy atom. The van der Waals surface area contributed by atoms with Crippen LogP contribution >= 0.6 is 11.5 Å². The van der Waals surface area contributed by atoms with E-state index in [9.17, 15) is 9.59 Å². The van der Waals surface area contributed by atoms with Gasteiger partial charge in [-0.15, -0.1) is 0 Å². The fourth-order valence-corrected chi connectivity index (χ4v) is 1.99. The summed E-state index contributed by atoms with van der Waals surface area (Å²) < 4.78 is 8.52. The van der Waals surface area contributed by atoms with Gasteiger partial charge in [0.25, 0.3) is 5.91 Å². The van der Waals surface area contributed by atoms with Crippen molar-refractivity contribution in [3.8, 4) is 0 Å². The summed E-state index contributed by atoms with van der Waals surface area (Å²) in [5, 5.41) is 14.9. The van der Waals surface area contributed by atoms with Crippen LogP contribution in [0, 0.1) is 6.92 Å². The van der Waals surface area contributed by atoms with Gasteiger partial charge in [0, 0.05) is 6.07 Å². The van der Waals surface area contributed by atoms with Crippen LogP contribution in [0.2, 0.25) is 0 Å². The molecule has 0 saturated heterocycles. The summed E-state index contributed by atoms with van der Waals surface area (Å²) in [7, 11) is 0. The molecule has 0 spiro atoms. The van der Waals surface area contributed by atoms with Crippen LogP contribution in [0.1, 0.15) is 26.6 Å². The molecule has 0 bridgehead atoms. The molecule has 0 aromatic carbocycles. The summed E-state index contributed by atoms with van der Waals surface area (Å²) >= 11 is 0.905. The van der Waals surface area contributed by atoms with Gasteiger partial charge in [-0.3, -0.25) is 4.79 Å². The summed E-state index contributed by atoms with van der Waals surface area (Å²) in [6.45, 7) is 1.56. The number of nitrogens with zero attached hydrogens (tertiary/aromatic N) is 2. The second kappa shape index (κ2) is 4.34. The van der Waals surface area contributed by atoms with Crippen molar-refractivity contribution in [1.29, 1.82) is 0 Å². The van der Waals surface area contributed by atoms with Crippen molar-refractivity contribution in [3.63, 3.8) is 0 Å². The van der Waals surface area contributed by atoms with Gasteiger partial charge in [-0.05, 0) is 18.5 Å². The van der Waals surface area contributed by atoms with Gasteiger partial charge in [0.05, 0.1) is 11.9 Å². The lowest BCUT2D eigenvalue weighted by molar-refractivity contribution is 0.0697. The number of rotatable bonds is 3. The molecular weight excluding hydrogens is 246 g/mol. The number of carboxylic acids is 1. The average molecular weight is 253 g/mol. The molecule has 88 valence electrons. The van der Waals surface area contributed by atoms with Crippen LogP contribution in [0.5, 0.6) is 0 Å². The van der Waals surface area contributed by atoms with Crippen LogP contribution in [-0.4, -0.2) is 26.5 Å². The SMILES string of the molecule is Cc1nsc(NC(=O)c2ccno2)c1C(=O)O. The molecule has 2 N–H and O–H groups in total. The number of amides is 1. The quantitative estimate of drug-likeness (QED) is 0.856. The zero-order valence-electron chi connectivity index (χ0n) is 8.63. The minimum absolute atomic E-state index is 0.00684. The second-order valence-electron chi connectivity index (χ2n) is 3.11. The highest BCUT2D eigenvalue weighted by Gasteiger charge is 2.20. The van der Waals surface area contributed by atoms with Crippen LogP contribution in [0.4, 0.5) is 5.00 Å². The van der Waals surface area contributed by atoms with E-state index in [2.05, 4.69) is 19.4 Å². The minimum Gasteiger partial charge on any atom is -0.478 e. The number of hydrogen-bond donors (Lipinski definition) is 2. The highest BCUT2D eigenvalue weighted by Crippen LogP contribution is 2.24. The van der Waals surface area contributed by atoms with Crippen molar-refractivity contribution >= 4 is 28.4 Å². The van der Waals surface area contributed by atoms with E-state index in [-0.39, 0.29) is 16.3 Å². The van der Waals surface area contributed by atoms with Gasteiger partial charge in [-0.2, -0.15) is 4.37 Å². The van der Waals surface area contributed by atoms with Crippen LogP contribution in [0.3, 0.4) is 0 Å². The highest BCUT2D eigenvalue weighted by molar-refractivity contribution is 7.11. The number of anilines is 1. The summed E-state index contributed by atoms with van der Waals surface area (Å²) in [6, 6.07) is 1.38. The van der Waals surface area contributed by atoms with E-state index < -0.39 is 11.9 Å². The molecule has 0 radical (unpaired) electrons. The third-order valence-electron chi connectivity index (χ3n) is 1.97. The van der Waals surface area contributed by atoms with Gasteiger partial charge in [-0.25, -0.2) is 4.79 Å². The molecule has 2 heterocycles. The standard InChI is InChI=1S/C9H7N3O4S/c1-4-6(9(14)15)8(17-12-4)11-7(13)5-2-3-10-16-5/h2-3H,1H3,(H,11,13)(H,14,15). The Hall–Kier alpha value is -2.22. The van der Waals surface area contributed by atoms with Gasteiger partial charge < -0.3 is 14.9 Å². The Kier molecular flexibility index (Phi) is 2.88. The Labute approximate surface area is 99.2 Å². The smallest absolute Gasteiger partial charge is 0.340 e. The monoisotopic (exact) mass is 253 g/mol. The molecule has 17 heavy (non-hydrogen) atoms. The van der Waals surface area contributed by atoms with E-state index in [4.69, 9.17) is 5.11 Å². The summed E-state index contributed by atoms with van der Waals surface area (Å²) in [4.78, 5) is 22.6. The van der Waals surface area contributed by atoms with E-state index in [1.807, 2.05) is 0 Å². The first-order chi connectivity index (χ1) is 8.09. The number of nitrogens with one attached hydrogen (secondary N) is 1. The molecule has 8 heteroatoms. The first-order valence-electron chi connectivity index (χ1n) is 4.51. The highest BCUT2D eigenvalue weighted by atomic mass is 32.1. The van der Waals surface area contributed by atoms with Gasteiger partial charge in [-0.1, -0.05) is 5.16 Å². The molecule has 0 aliphatic carbocycles. The van der Waals surface area contributed by atoms with E-state index in [0.717, 1.165) is 11.5 Å². The number of aryl methyl sites for hydroxylation is 1. The van der Waals surface area contributed by atoms with Crippen LogP contribution < -0.4 is 5.32 Å². The lowest BCUT2D eigenvalue weighted by atomic mass is 10.2. The summed E-state index contributed by atoms with van der Waals surface area (Å²) in [5.41, 5.74) is 0.346. The van der Waals surface area contributed by atoms with Crippen molar-refractivity contribution in [1.82, 2.24) is 9.53 Å². The van der Waals surface area contributed by atoms with Crippen molar-refractivity contribution in [2.75, 3.05) is 5.32 Å². The molecule has 7 nitrogen and oxygen atoms in total. The minimum atomic E-state index is -1.14. The van der Waals surface area contributed by atoms with Crippen molar-refractivity contribution in [2.24, 2.45) is 0 Å². The molecule has 0 saturated carbocycles. The number of aromatic carboxylic acids is 1. The molecule has 0 unspecified atom stereocenters. The lowest BCUT2D eigenvalue weighted by Gasteiger charge is -2.00. The molecule has 0 atom stereocenters. The third-order valence-corrected chi connectivity index (χ3v) is 2.82. The normalized spacial score (nSPS) is 10.2. The number of hydrogen-bond acceptors (Lipinski definition) is 6. The lowest BCUT2D eigenvalue weighted by Crippen LogP contribution is -2.12. The zero-order chi connectivity index (χ0) is 12.4. The van der Waals surface area contributed by atoms with E-state index in [0.29, 0.717) is 5.69 Å². The largest absolute Gasteiger partial charge is 0.478 e. The van der Waals surface area contributed by atoms with E-state index in [1.165, 1.54) is 12.3 Å². The Balaban J connectivity index is 2.25.